The molecule has 1 unspecified atom stereocenters. The zero-order chi connectivity index (χ0) is 13.0. The Bertz CT molecular complexity index is 481. The molecule has 1 aromatic carbocycles. The van der Waals surface area contributed by atoms with Gasteiger partial charge in [0.1, 0.15) is 0 Å². The number of para-hydroxylation sites is 1. The molecule has 1 atom stereocenters. The van der Waals surface area contributed by atoms with E-state index < -0.39 is 0 Å². The van der Waals surface area contributed by atoms with Crippen molar-refractivity contribution < 1.29 is 0 Å². The Labute approximate surface area is 120 Å². The summed E-state index contributed by atoms with van der Waals surface area (Å²) in [7, 11) is 0. The van der Waals surface area contributed by atoms with Crippen LogP contribution in [0.15, 0.2) is 30.3 Å². The van der Waals surface area contributed by atoms with Crippen LogP contribution in [0.1, 0.15) is 32.6 Å². The third kappa shape index (κ3) is 3.30. The van der Waals surface area contributed by atoms with E-state index in [4.69, 9.17) is 0 Å². The standard InChI is InChI=1S/C13H19N5.ClH/c1-4-17(5-2)11(3)13-14-15-16-18(13)12-9-7-6-8-10-12;/h6-11H,4-5H2,1-3H3;1H. The van der Waals surface area contributed by atoms with E-state index in [1.54, 1.807) is 0 Å². The fourth-order valence-corrected chi connectivity index (χ4v) is 2.14. The van der Waals surface area contributed by atoms with Crippen molar-refractivity contribution >= 4 is 12.4 Å². The monoisotopic (exact) mass is 281 g/mol. The molecule has 6 heteroatoms. The van der Waals surface area contributed by atoms with Gasteiger partial charge in [0.25, 0.3) is 0 Å². The molecule has 0 spiro atoms. The highest BCUT2D eigenvalue weighted by molar-refractivity contribution is 5.85. The number of rotatable bonds is 5. The Morgan fingerprint density at radius 1 is 1.16 bits per heavy atom. The van der Waals surface area contributed by atoms with Crippen LogP contribution in [0.5, 0.6) is 0 Å². The van der Waals surface area contributed by atoms with Crippen LogP contribution in [0.25, 0.3) is 5.69 Å². The molecule has 0 N–H and O–H groups in total. The van der Waals surface area contributed by atoms with Crippen LogP contribution in [0.4, 0.5) is 0 Å². The van der Waals surface area contributed by atoms with Crippen LogP contribution in [-0.2, 0) is 0 Å². The molecule has 0 saturated carbocycles. The third-order valence-electron chi connectivity index (χ3n) is 3.23. The van der Waals surface area contributed by atoms with Crippen LogP contribution in [0.3, 0.4) is 0 Å². The van der Waals surface area contributed by atoms with Gasteiger partial charge in [0.05, 0.1) is 11.7 Å². The van der Waals surface area contributed by atoms with E-state index in [1.807, 2.05) is 35.0 Å². The van der Waals surface area contributed by atoms with Gasteiger partial charge in [0.15, 0.2) is 5.82 Å². The molecule has 0 aliphatic heterocycles. The maximum atomic E-state index is 4.17. The van der Waals surface area contributed by atoms with E-state index in [-0.39, 0.29) is 18.4 Å². The first-order chi connectivity index (χ1) is 8.77. The van der Waals surface area contributed by atoms with Gasteiger partial charge in [-0.05, 0) is 42.6 Å². The molecule has 19 heavy (non-hydrogen) atoms. The summed E-state index contributed by atoms with van der Waals surface area (Å²) in [5.41, 5.74) is 0.997. The Hall–Kier alpha value is -1.46. The number of hydrogen-bond donors (Lipinski definition) is 0. The van der Waals surface area contributed by atoms with Gasteiger partial charge in [0, 0.05) is 0 Å². The molecule has 104 valence electrons. The number of halogens is 1. The lowest BCUT2D eigenvalue weighted by molar-refractivity contribution is 0.223. The van der Waals surface area contributed by atoms with Crippen molar-refractivity contribution in [1.82, 2.24) is 25.1 Å². The SMILES string of the molecule is CCN(CC)C(C)c1nnnn1-c1ccccc1.Cl. The minimum absolute atomic E-state index is 0. The van der Waals surface area contributed by atoms with Crippen molar-refractivity contribution in [1.29, 1.82) is 0 Å². The van der Waals surface area contributed by atoms with Gasteiger partial charge < -0.3 is 0 Å². The number of nitrogens with zero attached hydrogens (tertiary/aromatic N) is 5. The number of tetrazole rings is 1. The topological polar surface area (TPSA) is 46.8 Å². The van der Waals surface area contributed by atoms with Crippen molar-refractivity contribution in [3.8, 4) is 5.69 Å². The summed E-state index contributed by atoms with van der Waals surface area (Å²) < 4.78 is 1.81. The highest BCUT2D eigenvalue weighted by Gasteiger charge is 2.19. The molecule has 0 aliphatic carbocycles. The van der Waals surface area contributed by atoms with E-state index in [1.165, 1.54) is 0 Å². The number of aromatic nitrogens is 4. The molecular formula is C13H20ClN5. The van der Waals surface area contributed by atoms with Gasteiger partial charge in [-0.2, -0.15) is 4.68 Å². The van der Waals surface area contributed by atoms with Crippen LogP contribution in [0, 0.1) is 0 Å². The summed E-state index contributed by atoms with van der Waals surface area (Å²) >= 11 is 0. The summed E-state index contributed by atoms with van der Waals surface area (Å²) in [6.07, 6.45) is 0. The molecule has 0 radical (unpaired) electrons. The third-order valence-corrected chi connectivity index (χ3v) is 3.23. The van der Waals surface area contributed by atoms with Gasteiger partial charge >= 0.3 is 0 Å². The second-order valence-electron chi connectivity index (χ2n) is 4.18. The van der Waals surface area contributed by atoms with Crippen LogP contribution in [0.2, 0.25) is 0 Å². The fraction of sp³-hybridized carbons (Fsp3) is 0.462. The Morgan fingerprint density at radius 2 is 1.79 bits per heavy atom. The van der Waals surface area contributed by atoms with E-state index in [0.717, 1.165) is 24.6 Å². The highest BCUT2D eigenvalue weighted by Crippen LogP contribution is 2.19. The van der Waals surface area contributed by atoms with E-state index in [9.17, 15) is 0 Å². The lowest BCUT2D eigenvalue weighted by Crippen LogP contribution is -2.28. The number of benzene rings is 1. The lowest BCUT2D eigenvalue weighted by atomic mass is 10.2. The van der Waals surface area contributed by atoms with Gasteiger partial charge in [-0.15, -0.1) is 17.5 Å². The van der Waals surface area contributed by atoms with Gasteiger partial charge in [-0.25, -0.2) is 0 Å². The van der Waals surface area contributed by atoms with E-state index in [2.05, 4.69) is 41.2 Å². The summed E-state index contributed by atoms with van der Waals surface area (Å²) in [5.74, 6) is 0.880. The molecule has 1 heterocycles. The van der Waals surface area contributed by atoms with Crippen LogP contribution in [-0.4, -0.2) is 38.2 Å². The van der Waals surface area contributed by atoms with Gasteiger partial charge in [0.2, 0.25) is 0 Å². The first-order valence-corrected chi connectivity index (χ1v) is 6.35. The van der Waals surface area contributed by atoms with Gasteiger partial charge in [-0.3, -0.25) is 4.90 Å². The maximum absolute atomic E-state index is 4.17. The summed E-state index contributed by atoms with van der Waals surface area (Å²) in [4.78, 5) is 2.32. The predicted octanol–water partition coefficient (Wildman–Crippen LogP) is 2.49. The minimum atomic E-state index is 0. The molecule has 0 amide bonds. The second-order valence-corrected chi connectivity index (χ2v) is 4.18. The summed E-state index contributed by atoms with van der Waals surface area (Å²) in [5, 5.41) is 12.1. The van der Waals surface area contributed by atoms with E-state index in [0.29, 0.717) is 0 Å². The van der Waals surface area contributed by atoms with Crippen molar-refractivity contribution in [2.24, 2.45) is 0 Å². The van der Waals surface area contributed by atoms with Crippen molar-refractivity contribution in [3.05, 3.63) is 36.2 Å². The molecule has 1 aromatic heterocycles. The zero-order valence-corrected chi connectivity index (χ0v) is 12.3. The normalized spacial score (nSPS) is 12.2. The largest absolute Gasteiger partial charge is 0.294 e. The summed E-state index contributed by atoms with van der Waals surface area (Å²) in [6.45, 7) is 8.41. The smallest absolute Gasteiger partial charge is 0.173 e. The quantitative estimate of drug-likeness (QED) is 0.845. The highest BCUT2D eigenvalue weighted by atomic mass is 35.5. The molecule has 0 saturated heterocycles. The summed E-state index contributed by atoms with van der Waals surface area (Å²) in [6, 6.07) is 10.2. The Morgan fingerprint density at radius 3 is 2.37 bits per heavy atom. The van der Waals surface area contributed by atoms with Crippen molar-refractivity contribution in [3.63, 3.8) is 0 Å². The first kappa shape index (κ1) is 15.6. The second kappa shape index (κ2) is 7.21. The molecule has 2 rings (SSSR count). The Balaban J connectivity index is 0.00000180. The molecule has 2 aromatic rings. The average Bonchev–Trinajstić information content (AvgIpc) is 2.90. The predicted molar refractivity (Wildman–Crippen MR) is 77.7 cm³/mol. The van der Waals surface area contributed by atoms with Gasteiger partial charge in [-0.1, -0.05) is 32.0 Å². The van der Waals surface area contributed by atoms with Crippen molar-refractivity contribution in [2.45, 2.75) is 26.8 Å². The molecule has 5 nitrogen and oxygen atoms in total. The molecule has 0 fully saturated rings. The Kier molecular flexibility index (Phi) is 5.92. The lowest BCUT2D eigenvalue weighted by Gasteiger charge is -2.25. The average molecular weight is 282 g/mol. The first-order valence-electron chi connectivity index (χ1n) is 6.35. The van der Waals surface area contributed by atoms with Crippen LogP contribution < -0.4 is 0 Å². The van der Waals surface area contributed by atoms with Crippen LogP contribution >= 0.6 is 12.4 Å². The minimum Gasteiger partial charge on any atom is -0.294 e. The zero-order valence-electron chi connectivity index (χ0n) is 11.5. The molecular weight excluding hydrogens is 262 g/mol. The van der Waals surface area contributed by atoms with E-state index >= 15 is 0 Å². The molecule has 0 aliphatic rings. The maximum Gasteiger partial charge on any atom is 0.173 e. The fourth-order valence-electron chi connectivity index (χ4n) is 2.14. The van der Waals surface area contributed by atoms with Crippen molar-refractivity contribution in [2.75, 3.05) is 13.1 Å². The molecule has 0 bridgehead atoms. The number of hydrogen-bond acceptors (Lipinski definition) is 4.